The van der Waals surface area contributed by atoms with Crippen LogP contribution in [0.1, 0.15) is 5.56 Å². The van der Waals surface area contributed by atoms with Crippen LogP contribution in [0.3, 0.4) is 0 Å². The number of hydrogen-bond acceptors (Lipinski definition) is 3. The summed E-state index contributed by atoms with van der Waals surface area (Å²) < 4.78 is 66.7. The summed E-state index contributed by atoms with van der Waals surface area (Å²) in [4.78, 5) is 0. The molecule has 0 aliphatic heterocycles. The molecule has 1 atom stereocenters. The molecule has 0 aliphatic rings. The van der Waals surface area contributed by atoms with E-state index in [1.807, 2.05) is 0 Å². The Labute approximate surface area is 123 Å². The molecule has 1 rings (SSSR count). The molecule has 21 heavy (non-hydrogen) atoms. The van der Waals surface area contributed by atoms with Crippen LogP contribution in [0.2, 0.25) is 5.02 Å². The SMILES string of the molecule is NNC(COCC(F)(F)C(F)F)Cc1ccc(F)c(Cl)c1. The van der Waals surface area contributed by atoms with Crippen molar-refractivity contribution < 1.29 is 26.7 Å². The average molecular weight is 333 g/mol. The zero-order valence-electron chi connectivity index (χ0n) is 10.8. The lowest BCUT2D eigenvalue weighted by Gasteiger charge is -2.19. The summed E-state index contributed by atoms with van der Waals surface area (Å²) in [7, 11) is 0. The van der Waals surface area contributed by atoms with Crippen molar-refractivity contribution in [1.82, 2.24) is 5.43 Å². The van der Waals surface area contributed by atoms with Gasteiger partial charge in [0.25, 0.3) is 0 Å². The zero-order valence-corrected chi connectivity index (χ0v) is 11.5. The van der Waals surface area contributed by atoms with Crippen molar-refractivity contribution in [1.29, 1.82) is 0 Å². The molecule has 0 saturated heterocycles. The van der Waals surface area contributed by atoms with Gasteiger partial charge < -0.3 is 4.74 Å². The number of halogens is 6. The molecule has 120 valence electrons. The van der Waals surface area contributed by atoms with Gasteiger partial charge in [-0.05, 0) is 24.1 Å². The quantitative estimate of drug-likeness (QED) is 0.437. The number of benzene rings is 1. The molecule has 0 saturated carbocycles. The van der Waals surface area contributed by atoms with Crippen LogP contribution in [0.15, 0.2) is 18.2 Å². The van der Waals surface area contributed by atoms with E-state index in [9.17, 15) is 22.0 Å². The van der Waals surface area contributed by atoms with Crippen LogP contribution < -0.4 is 11.3 Å². The lowest BCUT2D eigenvalue weighted by molar-refractivity contribution is -0.167. The first-order valence-electron chi connectivity index (χ1n) is 5.90. The Morgan fingerprint density at radius 2 is 2.00 bits per heavy atom. The summed E-state index contributed by atoms with van der Waals surface area (Å²) in [5, 5.41) is -0.0894. The zero-order chi connectivity index (χ0) is 16.0. The van der Waals surface area contributed by atoms with Crippen molar-refractivity contribution in [3.8, 4) is 0 Å². The van der Waals surface area contributed by atoms with E-state index < -0.39 is 30.8 Å². The Hall–Kier alpha value is -0.960. The fourth-order valence-electron chi connectivity index (χ4n) is 1.52. The number of alkyl halides is 4. The fraction of sp³-hybridized carbons (Fsp3) is 0.500. The van der Waals surface area contributed by atoms with E-state index in [0.717, 1.165) is 6.07 Å². The van der Waals surface area contributed by atoms with Crippen LogP contribution in [0.4, 0.5) is 22.0 Å². The van der Waals surface area contributed by atoms with E-state index in [1.165, 1.54) is 12.1 Å². The van der Waals surface area contributed by atoms with Gasteiger partial charge in [0.05, 0.1) is 11.6 Å². The minimum Gasteiger partial charge on any atom is -0.373 e. The summed E-state index contributed by atoms with van der Waals surface area (Å²) in [6, 6.07) is 3.34. The van der Waals surface area contributed by atoms with Gasteiger partial charge in [0, 0.05) is 6.04 Å². The molecule has 0 amide bonds. The third-order valence-corrected chi connectivity index (χ3v) is 2.92. The highest BCUT2D eigenvalue weighted by molar-refractivity contribution is 6.30. The number of ether oxygens (including phenoxy) is 1. The largest absolute Gasteiger partial charge is 0.373 e. The minimum absolute atomic E-state index is 0.0894. The number of hydrogen-bond donors (Lipinski definition) is 2. The Kier molecular flexibility index (Phi) is 6.79. The Morgan fingerprint density at radius 3 is 2.52 bits per heavy atom. The summed E-state index contributed by atoms with van der Waals surface area (Å²) in [5.41, 5.74) is 2.90. The molecule has 0 aliphatic carbocycles. The van der Waals surface area contributed by atoms with Crippen LogP contribution in [0.25, 0.3) is 0 Å². The van der Waals surface area contributed by atoms with Crippen LogP contribution in [-0.4, -0.2) is 31.6 Å². The molecule has 0 radical (unpaired) electrons. The number of rotatable bonds is 8. The standard InChI is InChI=1S/C12H14ClF5N2O/c13-9-4-7(1-2-10(9)14)3-8(20-19)5-21-6-12(17,18)11(15)16/h1-2,4,8,11,20H,3,5-6,19H2. The van der Waals surface area contributed by atoms with E-state index in [0.29, 0.717) is 5.56 Å². The van der Waals surface area contributed by atoms with Crippen molar-refractivity contribution in [2.75, 3.05) is 13.2 Å². The maximum Gasteiger partial charge on any atom is 0.330 e. The third-order valence-electron chi connectivity index (χ3n) is 2.63. The molecule has 0 heterocycles. The second-order valence-electron chi connectivity index (χ2n) is 4.39. The van der Waals surface area contributed by atoms with Crippen LogP contribution in [0, 0.1) is 5.82 Å². The van der Waals surface area contributed by atoms with Crippen molar-refractivity contribution >= 4 is 11.6 Å². The molecule has 3 N–H and O–H groups in total. The number of hydrazine groups is 1. The first-order valence-corrected chi connectivity index (χ1v) is 6.28. The van der Waals surface area contributed by atoms with Crippen molar-refractivity contribution in [3.63, 3.8) is 0 Å². The third kappa shape index (κ3) is 5.74. The molecule has 0 fully saturated rings. The van der Waals surface area contributed by atoms with Gasteiger partial charge >= 0.3 is 12.3 Å². The molecule has 1 aromatic carbocycles. The van der Waals surface area contributed by atoms with Gasteiger partial charge in [0.1, 0.15) is 12.4 Å². The van der Waals surface area contributed by atoms with Crippen LogP contribution in [0.5, 0.6) is 0 Å². The summed E-state index contributed by atoms with van der Waals surface area (Å²) >= 11 is 5.60. The van der Waals surface area contributed by atoms with E-state index in [1.54, 1.807) is 0 Å². The Morgan fingerprint density at radius 1 is 1.33 bits per heavy atom. The van der Waals surface area contributed by atoms with E-state index >= 15 is 0 Å². The predicted molar refractivity (Wildman–Crippen MR) is 68.0 cm³/mol. The number of nitrogens with two attached hydrogens (primary N) is 1. The van der Waals surface area contributed by atoms with Gasteiger partial charge in [0.2, 0.25) is 0 Å². The molecule has 9 heteroatoms. The summed E-state index contributed by atoms with van der Waals surface area (Å²) in [6.45, 7) is -1.72. The number of nitrogens with one attached hydrogen (secondary N) is 1. The van der Waals surface area contributed by atoms with Crippen LogP contribution >= 0.6 is 11.6 Å². The molecule has 1 aromatic rings. The molecule has 1 unspecified atom stereocenters. The highest BCUT2D eigenvalue weighted by Gasteiger charge is 2.41. The first kappa shape index (κ1) is 18.1. The van der Waals surface area contributed by atoms with E-state index in [4.69, 9.17) is 17.4 Å². The van der Waals surface area contributed by atoms with Gasteiger partial charge in [0.15, 0.2) is 0 Å². The highest BCUT2D eigenvalue weighted by atomic mass is 35.5. The lowest BCUT2D eigenvalue weighted by Crippen LogP contribution is -2.42. The maximum atomic E-state index is 13.0. The lowest BCUT2D eigenvalue weighted by atomic mass is 10.1. The summed E-state index contributed by atoms with van der Waals surface area (Å²) in [5.74, 6) is 0.423. The molecule has 0 aromatic heterocycles. The topological polar surface area (TPSA) is 47.3 Å². The van der Waals surface area contributed by atoms with Crippen LogP contribution in [-0.2, 0) is 11.2 Å². The van der Waals surface area contributed by atoms with E-state index in [2.05, 4.69) is 10.2 Å². The highest BCUT2D eigenvalue weighted by Crippen LogP contribution is 2.23. The second-order valence-corrected chi connectivity index (χ2v) is 4.80. The smallest absolute Gasteiger partial charge is 0.330 e. The molecular weight excluding hydrogens is 319 g/mol. The van der Waals surface area contributed by atoms with Gasteiger partial charge in [-0.1, -0.05) is 17.7 Å². The Balaban J connectivity index is 2.50. The normalized spacial score (nSPS) is 13.7. The van der Waals surface area contributed by atoms with Crippen molar-refractivity contribution in [2.24, 2.45) is 5.84 Å². The molecular formula is C12H14ClF5N2O. The predicted octanol–water partition coefficient (Wildman–Crippen LogP) is 2.77. The second kappa shape index (κ2) is 7.88. The van der Waals surface area contributed by atoms with Gasteiger partial charge in [-0.25, -0.2) is 13.2 Å². The summed E-state index contributed by atoms with van der Waals surface area (Å²) in [6.07, 6.45) is -3.59. The van der Waals surface area contributed by atoms with Crippen molar-refractivity contribution in [3.05, 3.63) is 34.6 Å². The van der Waals surface area contributed by atoms with Gasteiger partial charge in [-0.3, -0.25) is 11.3 Å². The molecule has 3 nitrogen and oxygen atoms in total. The Bertz CT molecular complexity index is 461. The maximum absolute atomic E-state index is 13.0. The van der Waals surface area contributed by atoms with Gasteiger partial charge in [-0.15, -0.1) is 0 Å². The minimum atomic E-state index is -4.21. The van der Waals surface area contributed by atoms with Crippen molar-refractivity contribution in [2.45, 2.75) is 24.8 Å². The monoisotopic (exact) mass is 332 g/mol. The average Bonchev–Trinajstić information content (AvgIpc) is 2.41. The van der Waals surface area contributed by atoms with Gasteiger partial charge in [-0.2, -0.15) is 8.78 Å². The van der Waals surface area contributed by atoms with E-state index in [-0.39, 0.29) is 18.1 Å². The first-order chi connectivity index (χ1) is 9.76. The molecule has 0 bridgehead atoms. The molecule has 0 spiro atoms. The fourth-order valence-corrected chi connectivity index (χ4v) is 1.72.